The average molecular weight is 364 g/mol. The Kier molecular flexibility index (Phi) is 7.53. The summed E-state index contributed by atoms with van der Waals surface area (Å²) in [4.78, 5) is 14.1. The van der Waals surface area contributed by atoms with E-state index in [1.54, 1.807) is 37.1 Å². The second-order valence-corrected chi connectivity index (χ2v) is 8.18. The molecule has 0 atom stereocenters. The van der Waals surface area contributed by atoms with Gasteiger partial charge in [-0.25, -0.2) is 8.42 Å². The van der Waals surface area contributed by atoms with Crippen LogP contribution in [0, 0.1) is 12.3 Å². The van der Waals surface area contributed by atoms with Gasteiger partial charge in [0.05, 0.1) is 11.9 Å². The van der Waals surface area contributed by atoms with E-state index in [0.29, 0.717) is 24.3 Å². The first-order valence-corrected chi connectivity index (χ1v) is 8.88. The summed E-state index contributed by atoms with van der Waals surface area (Å²) in [6.45, 7) is 6.75. The second-order valence-electron chi connectivity index (χ2n) is 6.43. The van der Waals surface area contributed by atoms with Crippen molar-refractivity contribution in [2.45, 2.75) is 20.8 Å². The summed E-state index contributed by atoms with van der Waals surface area (Å²) in [7, 11) is -1.67. The normalized spacial score (nSPS) is 11.6. The van der Waals surface area contributed by atoms with Gasteiger partial charge in [-0.2, -0.15) is 0 Å². The number of hydrogen-bond acceptors (Lipinski definition) is 4. The molecule has 0 unspecified atom stereocenters. The molecule has 1 aromatic carbocycles. The molecule has 23 heavy (non-hydrogen) atoms. The van der Waals surface area contributed by atoms with Crippen molar-refractivity contribution in [2.75, 3.05) is 31.1 Å². The van der Waals surface area contributed by atoms with Crippen LogP contribution in [0.2, 0.25) is 0 Å². The fourth-order valence-corrected chi connectivity index (χ4v) is 2.68. The van der Waals surface area contributed by atoms with Gasteiger partial charge in [0.2, 0.25) is 10.0 Å². The highest BCUT2D eigenvalue weighted by Crippen LogP contribution is 2.20. The number of nitrogens with one attached hydrogen (secondary N) is 1. The fourth-order valence-electron chi connectivity index (χ4n) is 2.06. The Labute approximate surface area is 144 Å². The van der Waals surface area contributed by atoms with Crippen LogP contribution in [0.1, 0.15) is 29.8 Å². The first-order chi connectivity index (χ1) is 9.95. The van der Waals surface area contributed by atoms with Crippen molar-refractivity contribution in [3.8, 4) is 0 Å². The maximum Gasteiger partial charge on any atom is 0.253 e. The number of carbonyl (C=O) groups is 1. The first kappa shape index (κ1) is 21.7. The summed E-state index contributed by atoms with van der Waals surface area (Å²) < 4.78 is 25.2. The molecular weight excluding hydrogens is 338 g/mol. The number of rotatable bonds is 6. The number of nitrogens with zero attached hydrogens (tertiary/aromatic N) is 1. The number of halogens is 1. The van der Waals surface area contributed by atoms with Crippen LogP contribution in [0.15, 0.2) is 18.2 Å². The Balaban J connectivity index is 0.00000484. The van der Waals surface area contributed by atoms with E-state index in [-0.39, 0.29) is 23.7 Å². The lowest BCUT2D eigenvalue weighted by Crippen LogP contribution is -2.39. The van der Waals surface area contributed by atoms with E-state index in [4.69, 9.17) is 5.73 Å². The maximum absolute atomic E-state index is 12.5. The molecule has 0 saturated heterocycles. The van der Waals surface area contributed by atoms with E-state index in [1.807, 2.05) is 13.8 Å². The molecule has 0 heterocycles. The number of sulfonamides is 1. The molecule has 0 saturated carbocycles. The highest BCUT2D eigenvalue weighted by atomic mass is 35.5. The van der Waals surface area contributed by atoms with Gasteiger partial charge in [0, 0.05) is 19.2 Å². The van der Waals surface area contributed by atoms with E-state index in [9.17, 15) is 13.2 Å². The molecule has 0 aliphatic carbocycles. The Hall–Kier alpha value is -1.31. The lowest BCUT2D eigenvalue weighted by molar-refractivity contribution is 0.0740. The van der Waals surface area contributed by atoms with Crippen molar-refractivity contribution in [3.05, 3.63) is 29.3 Å². The molecule has 1 amide bonds. The molecule has 0 bridgehead atoms. The van der Waals surface area contributed by atoms with Crippen LogP contribution in [0.3, 0.4) is 0 Å². The van der Waals surface area contributed by atoms with Crippen molar-refractivity contribution >= 4 is 34.0 Å². The SMILES string of the molecule is Cc1ccc(C(=O)N(C)CC(C)(C)CN)cc1NS(C)(=O)=O.Cl. The molecule has 0 aliphatic heterocycles. The molecule has 3 N–H and O–H groups in total. The first-order valence-electron chi connectivity index (χ1n) is 6.99. The second kappa shape index (κ2) is 7.99. The zero-order chi connectivity index (χ0) is 17.1. The summed E-state index contributed by atoms with van der Waals surface area (Å²) in [5, 5.41) is 0. The molecular formula is C15H26ClN3O3S. The van der Waals surface area contributed by atoms with E-state index in [1.165, 1.54) is 0 Å². The highest BCUT2D eigenvalue weighted by Gasteiger charge is 2.22. The van der Waals surface area contributed by atoms with Crippen LogP contribution in [-0.4, -0.2) is 45.6 Å². The van der Waals surface area contributed by atoms with Gasteiger partial charge in [0.15, 0.2) is 0 Å². The molecule has 0 radical (unpaired) electrons. The summed E-state index contributed by atoms with van der Waals surface area (Å²) >= 11 is 0. The predicted octanol–water partition coefficient (Wildman–Crippen LogP) is 1.85. The molecule has 6 nitrogen and oxygen atoms in total. The number of benzene rings is 1. The molecule has 0 aliphatic rings. The zero-order valence-electron chi connectivity index (χ0n) is 14.2. The average Bonchev–Trinajstić information content (AvgIpc) is 2.38. The molecule has 1 aromatic rings. The minimum absolute atomic E-state index is 0. The summed E-state index contributed by atoms with van der Waals surface area (Å²) in [5.41, 5.74) is 7.12. The fraction of sp³-hybridized carbons (Fsp3) is 0.533. The zero-order valence-corrected chi connectivity index (χ0v) is 15.8. The largest absolute Gasteiger partial charge is 0.341 e. The number of anilines is 1. The van der Waals surface area contributed by atoms with E-state index < -0.39 is 10.0 Å². The summed E-state index contributed by atoms with van der Waals surface area (Å²) in [6, 6.07) is 4.98. The van der Waals surface area contributed by atoms with Gasteiger partial charge < -0.3 is 10.6 Å². The van der Waals surface area contributed by atoms with E-state index in [2.05, 4.69) is 4.72 Å². The van der Waals surface area contributed by atoms with Crippen molar-refractivity contribution in [1.29, 1.82) is 0 Å². The lowest BCUT2D eigenvalue weighted by Gasteiger charge is -2.29. The molecule has 0 spiro atoms. The predicted molar refractivity (Wildman–Crippen MR) is 96.7 cm³/mol. The van der Waals surface area contributed by atoms with Crippen molar-refractivity contribution in [3.63, 3.8) is 0 Å². The van der Waals surface area contributed by atoms with Gasteiger partial charge in [-0.3, -0.25) is 9.52 Å². The summed E-state index contributed by atoms with van der Waals surface area (Å²) in [6.07, 6.45) is 1.08. The lowest BCUT2D eigenvalue weighted by atomic mass is 9.93. The van der Waals surface area contributed by atoms with Crippen LogP contribution in [0.25, 0.3) is 0 Å². The van der Waals surface area contributed by atoms with Crippen LogP contribution < -0.4 is 10.5 Å². The minimum atomic E-state index is -3.39. The highest BCUT2D eigenvalue weighted by molar-refractivity contribution is 7.92. The molecule has 8 heteroatoms. The van der Waals surface area contributed by atoms with Gasteiger partial charge in [-0.05, 0) is 36.6 Å². The Bertz CT molecular complexity index is 660. The Morgan fingerprint density at radius 2 is 1.91 bits per heavy atom. The third-order valence-corrected chi connectivity index (χ3v) is 3.94. The van der Waals surface area contributed by atoms with Gasteiger partial charge in [-0.15, -0.1) is 12.4 Å². The number of aryl methyl sites for hydroxylation is 1. The van der Waals surface area contributed by atoms with Gasteiger partial charge in [0.1, 0.15) is 0 Å². The molecule has 0 fully saturated rings. The maximum atomic E-state index is 12.5. The van der Waals surface area contributed by atoms with Crippen LogP contribution >= 0.6 is 12.4 Å². The third-order valence-electron chi connectivity index (χ3n) is 3.34. The molecule has 132 valence electrons. The topological polar surface area (TPSA) is 92.5 Å². The smallest absolute Gasteiger partial charge is 0.253 e. The monoisotopic (exact) mass is 363 g/mol. The van der Waals surface area contributed by atoms with Crippen LogP contribution in [0.5, 0.6) is 0 Å². The Morgan fingerprint density at radius 3 is 2.39 bits per heavy atom. The number of carbonyl (C=O) groups excluding carboxylic acids is 1. The van der Waals surface area contributed by atoms with Crippen LogP contribution in [0.4, 0.5) is 5.69 Å². The quantitative estimate of drug-likeness (QED) is 0.806. The number of nitrogens with two attached hydrogens (primary N) is 1. The Morgan fingerprint density at radius 1 is 1.35 bits per heavy atom. The minimum Gasteiger partial charge on any atom is -0.341 e. The van der Waals surface area contributed by atoms with Crippen LogP contribution in [-0.2, 0) is 10.0 Å². The summed E-state index contributed by atoms with van der Waals surface area (Å²) in [5.74, 6) is -0.168. The molecule has 0 aromatic heterocycles. The van der Waals surface area contributed by atoms with Gasteiger partial charge in [-0.1, -0.05) is 19.9 Å². The van der Waals surface area contributed by atoms with Gasteiger partial charge >= 0.3 is 0 Å². The van der Waals surface area contributed by atoms with Gasteiger partial charge in [0.25, 0.3) is 5.91 Å². The van der Waals surface area contributed by atoms with E-state index >= 15 is 0 Å². The third kappa shape index (κ3) is 6.76. The molecule has 1 rings (SSSR count). The van der Waals surface area contributed by atoms with Crippen molar-refractivity contribution in [1.82, 2.24) is 4.90 Å². The standard InChI is InChI=1S/C15H25N3O3S.ClH/c1-11-6-7-12(8-13(11)17-22(5,20)21)14(19)18(4)10-15(2,3)9-16;/h6-8,17H,9-10,16H2,1-5H3;1H. The van der Waals surface area contributed by atoms with Crippen molar-refractivity contribution in [2.24, 2.45) is 11.1 Å². The number of amides is 1. The van der Waals surface area contributed by atoms with E-state index in [0.717, 1.165) is 11.8 Å². The van der Waals surface area contributed by atoms with Crippen molar-refractivity contribution < 1.29 is 13.2 Å². The number of hydrogen-bond donors (Lipinski definition) is 2.